The van der Waals surface area contributed by atoms with Gasteiger partial charge in [0.15, 0.2) is 0 Å². The van der Waals surface area contributed by atoms with Crippen molar-refractivity contribution in [2.24, 2.45) is 0 Å². The molecule has 2 aliphatic heterocycles. The van der Waals surface area contributed by atoms with Crippen molar-refractivity contribution < 1.29 is 0 Å². The normalized spacial score (nSPS) is 14.6. The van der Waals surface area contributed by atoms with E-state index in [1.807, 2.05) is 0 Å². The summed E-state index contributed by atoms with van der Waals surface area (Å²) in [6.45, 7) is 35.2. The van der Waals surface area contributed by atoms with Gasteiger partial charge in [0.1, 0.15) is 0 Å². The fourth-order valence-electron chi connectivity index (χ4n) is 8.72. The number of benzene rings is 5. The minimum Gasteiger partial charge on any atom is -0.311 e. The second kappa shape index (κ2) is 11.2. The van der Waals surface area contributed by atoms with Crippen LogP contribution in [-0.2, 0) is 27.1 Å². The van der Waals surface area contributed by atoms with Gasteiger partial charge >= 0.3 is 0 Å². The molecular weight excluding hydrogens is 639 g/mol. The summed E-state index contributed by atoms with van der Waals surface area (Å²) in [7, 11) is 0. The van der Waals surface area contributed by atoms with Gasteiger partial charge in [0.05, 0.1) is 5.52 Å². The molecule has 1 aromatic heterocycles. The third-order valence-corrected chi connectivity index (χ3v) is 12.1. The third kappa shape index (κ3) is 5.59. The maximum absolute atomic E-state index is 2.64. The molecule has 0 amide bonds. The topological polar surface area (TPSA) is 8.17 Å². The molecule has 3 heterocycles. The highest BCUT2D eigenvalue weighted by atomic mass is 15.2. The molecular formula is C50H59BN2. The van der Waals surface area contributed by atoms with Gasteiger partial charge in [-0.05, 0) is 120 Å². The van der Waals surface area contributed by atoms with E-state index in [-0.39, 0.29) is 33.8 Å². The summed E-state index contributed by atoms with van der Waals surface area (Å²) in [4.78, 5) is 2.58. The molecule has 0 saturated carbocycles. The minimum absolute atomic E-state index is 0.00839. The van der Waals surface area contributed by atoms with Crippen LogP contribution >= 0.6 is 0 Å². The van der Waals surface area contributed by atoms with Crippen molar-refractivity contribution in [2.45, 2.75) is 131 Å². The zero-order valence-corrected chi connectivity index (χ0v) is 35.1. The summed E-state index contributed by atoms with van der Waals surface area (Å²) in [6.07, 6.45) is 0. The number of anilines is 3. The first-order valence-electron chi connectivity index (χ1n) is 19.8. The number of fused-ring (bicyclic) bond motifs is 7. The predicted molar refractivity (Wildman–Crippen MR) is 234 cm³/mol. The van der Waals surface area contributed by atoms with Crippen LogP contribution in [0.25, 0.3) is 27.5 Å². The average Bonchev–Trinajstić information content (AvgIpc) is 3.38. The summed E-state index contributed by atoms with van der Waals surface area (Å²) in [6, 6.07) is 34.1. The SMILES string of the molecule is CC(C)(C)c1ccc(N2c3ccc(C(C)(C)C)cc3B3c4c2cc(C(C)(C)C)cc4-n2c4ccc(C(C)(C)C)cc4c4cc(C(C)(C)C)cc3c42)cc1. The van der Waals surface area contributed by atoms with Crippen molar-refractivity contribution in [3.8, 4) is 5.69 Å². The maximum atomic E-state index is 2.64. The molecule has 0 fully saturated rings. The maximum Gasteiger partial charge on any atom is 0.252 e. The summed E-state index contributed by atoms with van der Waals surface area (Å²) in [5.74, 6) is 0. The molecule has 5 aromatic carbocycles. The quantitative estimate of drug-likeness (QED) is 0.155. The summed E-state index contributed by atoms with van der Waals surface area (Å²) in [5, 5.41) is 2.72. The van der Waals surface area contributed by atoms with Crippen LogP contribution in [0.1, 0.15) is 132 Å². The lowest BCUT2D eigenvalue weighted by Crippen LogP contribution is -2.61. The van der Waals surface area contributed by atoms with Crippen LogP contribution < -0.4 is 21.3 Å². The van der Waals surface area contributed by atoms with Gasteiger partial charge in [-0.2, -0.15) is 0 Å². The van der Waals surface area contributed by atoms with E-state index < -0.39 is 0 Å². The second-order valence-corrected chi connectivity index (χ2v) is 21.3. The summed E-state index contributed by atoms with van der Waals surface area (Å²) in [5.41, 5.74) is 18.9. The standard InChI is InChI=1S/C50H59BN2/c1-46(2,3)30-16-20-35(21-17-30)52-41-23-19-32(48(7,8)9)26-38(41)51-39-27-33(49(10,11)12)25-37-36-24-31(47(4,5)6)18-22-40(36)53(45(37)39)43-29-34(50(13,14)15)28-42(52)44(43)51/h16-29H,1-15H3. The van der Waals surface area contributed by atoms with Gasteiger partial charge in [-0.3, -0.25) is 0 Å². The van der Waals surface area contributed by atoms with Crippen molar-refractivity contribution in [3.63, 3.8) is 0 Å². The van der Waals surface area contributed by atoms with Crippen LogP contribution in [0.3, 0.4) is 0 Å². The molecule has 0 saturated heterocycles. The molecule has 272 valence electrons. The van der Waals surface area contributed by atoms with E-state index in [0.717, 1.165) is 0 Å². The van der Waals surface area contributed by atoms with Gasteiger partial charge in [-0.25, -0.2) is 0 Å². The lowest BCUT2D eigenvalue weighted by Gasteiger charge is -2.42. The average molecular weight is 699 g/mol. The van der Waals surface area contributed by atoms with Crippen molar-refractivity contribution in [3.05, 3.63) is 113 Å². The van der Waals surface area contributed by atoms with Gasteiger partial charge < -0.3 is 9.47 Å². The van der Waals surface area contributed by atoms with E-state index in [2.05, 4.69) is 198 Å². The Hall–Kier alpha value is -4.24. The number of hydrogen-bond donors (Lipinski definition) is 0. The van der Waals surface area contributed by atoms with E-state index >= 15 is 0 Å². The first kappa shape index (κ1) is 35.8. The summed E-state index contributed by atoms with van der Waals surface area (Å²) < 4.78 is 2.64. The molecule has 0 unspecified atom stereocenters. The smallest absolute Gasteiger partial charge is 0.252 e. The Labute approximate surface area is 319 Å². The van der Waals surface area contributed by atoms with Gasteiger partial charge in [-0.15, -0.1) is 0 Å². The summed E-state index contributed by atoms with van der Waals surface area (Å²) >= 11 is 0. The highest BCUT2D eigenvalue weighted by molar-refractivity contribution is 7.00. The van der Waals surface area contributed by atoms with E-state index in [0.29, 0.717) is 0 Å². The Morgan fingerprint density at radius 2 is 0.868 bits per heavy atom. The largest absolute Gasteiger partial charge is 0.311 e. The fourth-order valence-corrected chi connectivity index (χ4v) is 8.72. The molecule has 0 aliphatic carbocycles. The Morgan fingerprint density at radius 3 is 1.45 bits per heavy atom. The van der Waals surface area contributed by atoms with E-state index in [1.165, 1.54) is 88.8 Å². The molecule has 53 heavy (non-hydrogen) atoms. The van der Waals surface area contributed by atoms with Crippen LogP contribution in [0.15, 0.2) is 84.9 Å². The lowest BCUT2D eigenvalue weighted by molar-refractivity contribution is 0.589. The molecule has 0 radical (unpaired) electrons. The third-order valence-electron chi connectivity index (χ3n) is 12.1. The number of nitrogens with zero attached hydrogens (tertiary/aromatic N) is 2. The number of rotatable bonds is 1. The van der Waals surface area contributed by atoms with Crippen molar-refractivity contribution in [1.29, 1.82) is 0 Å². The van der Waals surface area contributed by atoms with Crippen LogP contribution in [0.5, 0.6) is 0 Å². The van der Waals surface area contributed by atoms with Crippen molar-refractivity contribution in [1.82, 2.24) is 4.57 Å². The molecule has 0 spiro atoms. The molecule has 6 aromatic rings. The Balaban J connectivity index is 1.57. The van der Waals surface area contributed by atoms with Crippen LogP contribution in [-0.4, -0.2) is 11.3 Å². The molecule has 0 atom stereocenters. The van der Waals surface area contributed by atoms with E-state index in [4.69, 9.17) is 0 Å². The Morgan fingerprint density at radius 1 is 0.396 bits per heavy atom. The molecule has 0 bridgehead atoms. The fraction of sp³-hybridized carbons (Fsp3) is 0.400. The zero-order valence-electron chi connectivity index (χ0n) is 35.1. The van der Waals surface area contributed by atoms with Crippen LogP contribution in [0.4, 0.5) is 17.1 Å². The molecule has 2 nitrogen and oxygen atoms in total. The van der Waals surface area contributed by atoms with Crippen LogP contribution in [0, 0.1) is 0 Å². The van der Waals surface area contributed by atoms with Crippen LogP contribution in [0.2, 0.25) is 0 Å². The number of aromatic nitrogens is 1. The van der Waals surface area contributed by atoms with Gasteiger partial charge in [0, 0.05) is 39.0 Å². The van der Waals surface area contributed by atoms with E-state index in [1.54, 1.807) is 0 Å². The lowest BCUT2D eigenvalue weighted by atomic mass is 9.33. The first-order valence-corrected chi connectivity index (χ1v) is 19.8. The van der Waals surface area contributed by atoms with Crippen molar-refractivity contribution in [2.75, 3.05) is 4.90 Å². The Bertz CT molecular complexity index is 2460. The highest BCUT2D eigenvalue weighted by Crippen LogP contribution is 2.45. The second-order valence-electron chi connectivity index (χ2n) is 21.3. The molecule has 3 heteroatoms. The molecule has 2 aliphatic rings. The minimum atomic E-state index is -0.0446. The highest BCUT2D eigenvalue weighted by Gasteiger charge is 2.44. The molecule has 0 N–H and O–H groups in total. The zero-order chi connectivity index (χ0) is 38.4. The van der Waals surface area contributed by atoms with Gasteiger partial charge in [0.2, 0.25) is 0 Å². The van der Waals surface area contributed by atoms with Gasteiger partial charge in [-0.1, -0.05) is 140 Å². The first-order chi connectivity index (χ1) is 24.4. The molecule has 8 rings (SSSR count). The van der Waals surface area contributed by atoms with Gasteiger partial charge in [0.25, 0.3) is 6.71 Å². The number of hydrogen-bond acceptors (Lipinski definition) is 1. The van der Waals surface area contributed by atoms with E-state index in [9.17, 15) is 0 Å². The Kier molecular flexibility index (Phi) is 7.53. The predicted octanol–water partition coefficient (Wildman–Crippen LogP) is 11.9. The van der Waals surface area contributed by atoms with Crippen molar-refractivity contribution >= 4 is 62.0 Å². The monoisotopic (exact) mass is 698 g/mol.